The molecule has 0 saturated carbocycles. The number of hydrogen-bond donors (Lipinski definition) is 1. The highest BCUT2D eigenvalue weighted by atomic mass is 35.5. The Bertz CT molecular complexity index is 989. The minimum Gasteiger partial charge on any atom is -0.452 e. The molecule has 0 unspecified atom stereocenters. The van der Waals surface area contributed by atoms with Crippen molar-refractivity contribution < 1.29 is 22.7 Å². The number of hydrogen-bond acceptors (Lipinski definition) is 5. The van der Waals surface area contributed by atoms with E-state index < -0.39 is 28.5 Å². The highest BCUT2D eigenvalue weighted by Gasteiger charge is 2.28. The predicted molar refractivity (Wildman–Crippen MR) is 108 cm³/mol. The quantitative estimate of drug-likeness (QED) is 0.716. The molecule has 3 rings (SSSR count). The van der Waals surface area contributed by atoms with E-state index in [-0.39, 0.29) is 27.0 Å². The van der Waals surface area contributed by atoms with E-state index in [0.717, 1.165) is 0 Å². The molecule has 1 amide bonds. The first-order valence-electron chi connectivity index (χ1n) is 8.29. The number of carbonyl (C=O) groups excluding carboxylic acids is 2. The molecule has 0 radical (unpaired) electrons. The summed E-state index contributed by atoms with van der Waals surface area (Å²) < 4.78 is 30.1. The van der Waals surface area contributed by atoms with Gasteiger partial charge in [0, 0.05) is 6.54 Å². The number of ether oxygens (including phenoxy) is 1. The lowest BCUT2D eigenvalue weighted by Gasteiger charge is -2.16. The molecule has 0 atom stereocenters. The van der Waals surface area contributed by atoms with Gasteiger partial charge in [-0.25, -0.2) is 13.2 Å². The molecule has 1 heterocycles. The van der Waals surface area contributed by atoms with Crippen LogP contribution in [-0.4, -0.2) is 39.2 Å². The number of halogens is 2. The fourth-order valence-corrected chi connectivity index (χ4v) is 4.76. The fourth-order valence-electron chi connectivity index (χ4n) is 2.70. The minimum atomic E-state index is -3.29. The van der Waals surface area contributed by atoms with E-state index in [4.69, 9.17) is 27.9 Å². The van der Waals surface area contributed by atoms with Crippen LogP contribution in [0.3, 0.4) is 0 Å². The lowest BCUT2D eigenvalue weighted by atomic mass is 10.2. The number of sulfonamides is 1. The van der Waals surface area contributed by atoms with Gasteiger partial charge in [0.2, 0.25) is 10.0 Å². The first-order valence-corrected chi connectivity index (χ1v) is 10.7. The zero-order valence-electron chi connectivity index (χ0n) is 14.5. The lowest BCUT2D eigenvalue weighted by Crippen LogP contribution is -2.25. The van der Waals surface area contributed by atoms with Crippen LogP contribution in [0, 0.1) is 0 Å². The normalized spacial score (nSPS) is 15.3. The molecule has 10 heteroatoms. The number of nitrogens with zero attached hydrogens (tertiary/aromatic N) is 1. The molecule has 1 fully saturated rings. The van der Waals surface area contributed by atoms with E-state index in [1.807, 2.05) is 0 Å². The van der Waals surface area contributed by atoms with Gasteiger partial charge in [-0.05, 0) is 42.8 Å². The Labute approximate surface area is 172 Å². The average molecular weight is 443 g/mol. The Hall–Kier alpha value is -2.29. The van der Waals surface area contributed by atoms with Crippen molar-refractivity contribution in [2.24, 2.45) is 0 Å². The van der Waals surface area contributed by atoms with Gasteiger partial charge in [0.25, 0.3) is 5.91 Å². The smallest absolute Gasteiger partial charge is 0.338 e. The molecule has 28 heavy (non-hydrogen) atoms. The van der Waals surface area contributed by atoms with Gasteiger partial charge in [0.1, 0.15) is 0 Å². The molecule has 1 aliphatic heterocycles. The largest absolute Gasteiger partial charge is 0.452 e. The molecule has 1 saturated heterocycles. The van der Waals surface area contributed by atoms with Crippen LogP contribution in [0.2, 0.25) is 10.0 Å². The van der Waals surface area contributed by atoms with Gasteiger partial charge < -0.3 is 10.1 Å². The first kappa shape index (κ1) is 20.4. The number of carbonyl (C=O) groups is 2. The van der Waals surface area contributed by atoms with Crippen LogP contribution in [0.15, 0.2) is 42.5 Å². The molecule has 2 aromatic rings. The second-order valence-corrected chi connectivity index (χ2v) is 8.84. The monoisotopic (exact) mass is 442 g/mol. The molecular formula is C18H16Cl2N2O5S. The van der Waals surface area contributed by atoms with Gasteiger partial charge >= 0.3 is 5.97 Å². The van der Waals surface area contributed by atoms with Gasteiger partial charge in [-0.1, -0.05) is 29.3 Å². The zero-order valence-corrected chi connectivity index (χ0v) is 16.9. The van der Waals surface area contributed by atoms with Crippen LogP contribution in [0.5, 0.6) is 0 Å². The number of amides is 1. The topological polar surface area (TPSA) is 92.8 Å². The summed E-state index contributed by atoms with van der Waals surface area (Å²) in [5.74, 6) is -1.19. The van der Waals surface area contributed by atoms with Crippen molar-refractivity contribution in [3.8, 4) is 0 Å². The van der Waals surface area contributed by atoms with E-state index in [0.29, 0.717) is 18.7 Å². The van der Waals surface area contributed by atoms with Gasteiger partial charge in [-0.2, -0.15) is 0 Å². The molecular weight excluding hydrogens is 427 g/mol. The number of para-hydroxylation sites is 1. The van der Waals surface area contributed by atoms with Crippen molar-refractivity contribution >= 4 is 56.5 Å². The van der Waals surface area contributed by atoms with Crippen molar-refractivity contribution in [1.82, 2.24) is 0 Å². The summed E-state index contributed by atoms with van der Waals surface area (Å²) in [5.41, 5.74) is 0.923. The summed E-state index contributed by atoms with van der Waals surface area (Å²) in [6.07, 6.45) is 0.566. The first-order chi connectivity index (χ1) is 13.3. The van der Waals surface area contributed by atoms with E-state index >= 15 is 0 Å². The Morgan fingerprint density at radius 3 is 2.29 bits per heavy atom. The maximum absolute atomic E-state index is 12.1. The van der Waals surface area contributed by atoms with Crippen LogP contribution >= 0.6 is 23.2 Å². The van der Waals surface area contributed by atoms with Crippen molar-refractivity contribution in [3.05, 3.63) is 58.1 Å². The number of nitrogens with one attached hydrogen (secondary N) is 1. The van der Waals surface area contributed by atoms with E-state index in [1.54, 1.807) is 18.2 Å². The summed E-state index contributed by atoms with van der Waals surface area (Å²) >= 11 is 11.9. The maximum Gasteiger partial charge on any atom is 0.338 e. The summed E-state index contributed by atoms with van der Waals surface area (Å²) in [5, 5.41) is 3.01. The van der Waals surface area contributed by atoms with Gasteiger partial charge in [0.15, 0.2) is 6.61 Å². The third-order valence-corrected chi connectivity index (χ3v) is 6.55. The molecule has 2 aromatic carbocycles. The molecule has 1 aliphatic rings. The number of esters is 1. The SMILES string of the molecule is O=C(COC(=O)c1ccc(N2CCCS2(=O)=O)cc1)Nc1c(Cl)cccc1Cl. The van der Waals surface area contributed by atoms with Gasteiger partial charge in [0.05, 0.1) is 32.7 Å². The van der Waals surface area contributed by atoms with E-state index in [2.05, 4.69) is 5.32 Å². The number of benzene rings is 2. The summed E-state index contributed by atoms with van der Waals surface area (Å²) in [6.45, 7) is -0.112. The number of anilines is 2. The molecule has 0 bridgehead atoms. The Balaban J connectivity index is 1.58. The molecule has 0 aliphatic carbocycles. The second-order valence-electron chi connectivity index (χ2n) is 6.01. The third kappa shape index (κ3) is 4.57. The molecule has 1 N–H and O–H groups in total. The minimum absolute atomic E-state index is 0.112. The number of rotatable bonds is 5. The van der Waals surface area contributed by atoms with E-state index in [9.17, 15) is 18.0 Å². The fraction of sp³-hybridized carbons (Fsp3) is 0.222. The van der Waals surface area contributed by atoms with Crippen molar-refractivity contribution in [1.29, 1.82) is 0 Å². The van der Waals surface area contributed by atoms with E-state index in [1.165, 1.54) is 28.6 Å². The molecule has 148 valence electrons. The highest BCUT2D eigenvalue weighted by molar-refractivity contribution is 7.93. The lowest BCUT2D eigenvalue weighted by molar-refractivity contribution is -0.119. The maximum atomic E-state index is 12.1. The Morgan fingerprint density at radius 1 is 1.07 bits per heavy atom. The van der Waals surface area contributed by atoms with Gasteiger partial charge in [-0.15, -0.1) is 0 Å². The zero-order chi connectivity index (χ0) is 20.3. The summed E-state index contributed by atoms with van der Waals surface area (Å²) in [4.78, 5) is 24.1. The van der Waals surface area contributed by atoms with Crippen LogP contribution in [0.1, 0.15) is 16.8 Å². The van der Waals surface area contributed by atoms with Crippen LogP contribution in [-0.2, 0) is 19.6 Å². The van der Waals surface area contributed by atoms with Crippen molar-refractivity contribution in [2.75, 3.05) is 28.5 Å². The molecule has 0 aromatic heterocycles. The summed E-state index contributed by atoms with van der Waals surface area (Å²) in [7, 11) is -3.29. The third-order valence-electron chi connectivity index (χ3n) is 4.05. The predicted octanol–water partition coefficient (Wildman–Crippen LogP) is 3.33. The molecule has 7 nitrogen and oxygen atoms in total. The van der Waals surface area contributed by atoms with Crippen molar-refractivity contribution in [2.45, 2.75) is 6.42 Å². The Kier molecular flexibility index (Phi) is 6.12. The highest BCUT2D eigenvalue weighted by Crippen LogP contribution is 2.29. The summed E-state index contributed by atoms with van der Waals surface area (Å²) in [6, 6.07) is 10.7. The van der Waals surface area contributed by atoms with Gasteiger partial charge in [-0.3, -0.25) is 9.10 Å². The van der Waals surface area contributed by atoms with Crippen LogP contribution in [0.4, 0.5) is 11.4 Å². The second kappa shape index (κ2) is 8.38. The molecule has 0 spiro atoms. The van der Waals surface area contributed by atoms with Crippen LogP contribution < -0.4 is 9.62 Å². The standard InChI is InChI=1S/C18H16Cl2N2O5S/c19-14-3-1-4-15(20)17(14)21-16(23)11-27-18(24)12-5-7-13(8-6-12)22-9-2-10-28(22,25)26/h1,3-8H,2,9-11H2,(H,21,23). The average Bonchev–Trinajstić information content (AvgIpc) is 3.02. The van der Waals surface area contributed by atoms with Crippen molar-refractivity contribution in [3.63, 3.8) is 0 Å². The van der Waals surface area contributed by atoms with Crippen LogP contribution in [0.25, 0.3) is 0 Å². The Morgan fingerprint density at radius 2 is 1.71 bits per heavy atom.